The predicted octanol–water partition coefficient (Wildman–Crippen LogP) is -0.739. The lowest BCUT2D eigenvalue weighted by atomic mass is 10.1. The second-order valence-electron chi connectivity index (χ2n) is 7.50. The van der Waals surface area contributed by atoms with Crippen molar-refractivity contribution in [1.82, 2.24) is 15.5 Å². The molecule has 4 atom stereocenters. The fraction of sp³-hybridized carbons (Fsp3) is 0.789. The van der Waals surface area contributed by atoms with Crippen LogP contribution in [0.25, 0.3) is 0 Å². The van der Waals surface area contributed by atoms with Crippen molar-refractivity contribution in [2.75, 3.05) is 25.1 Å². The minimum atomic E-state index is -1.10. The standard InChI is InChI=1S/C19H35N5O5S/c1-12(21)16(25)22-13(6-3-4-9-20)18(27)24-10-5-7-15(24)17(26)23-14(19(28)29)8-11-30-2/h12-15H,3-11,20-21H2,1-2H3,(H,22,25)(H,23,26)(H,28,29). The number of hydrogen-bond acceptors (Lipinski definition) is 7. The lowest BCUT2D eigenvalue weighted by Gasteiger charge is -2.30. The topological polar surface area (TPSA) is 168 Å². The summed E-state index contributed by atoms with van der Waals surface area (Å²) >= 11 is 1.49. The molecule has 0 saturated carbocycles. The number of carbonyl (C=O) groups is 4. The number of unbranched alkanes of at least 4 members (excludes halogenated alkanes) is 1. The van der Waals surface area contributed by atoms with E-state index in [0.29, 0.717) is 57.4 Å². The fourth-order valence-corrected chi connectivity index (χ4v) is 3.79. The first-order valence-electron chi connectivity index (χ1n) is 10.3. The van der Waals surface area contributed by atoms with Crippen molar-refractivity contribution < 1.29 is 24.3 Å². The molecule has 10 nitrogen and oxygen atoms in total. The van der Waals surface area contributed by atoms with Crippen LogP contribution in [-0.2, 0) is 19.2 Å². The SMILES string of the molecule is CSCCC(NC(=O)C1CCCN1C(=O)C(CCCCN)NC(=O)C(C)N)C(=O)O. The van der Waals surface area contributed by atoms with E-state index in [-0.39, 0.29) is 5.91 Å². The summed E-state index contributed by atoms with van der Waals surface area (Å²) in [6.07, 6.45) is 4.98. The molecule has 172 valence electrons. The molecule has 4 unspecified atom stereocenters. The number of rotatable bonds is 13. The zero-order valence-electron chi connectivity index (χ0n) is 17.8. The number of carbonyl (C=O) groups excluding carboxylic acids is 3. The number of carboxylic acids is 1. The van der Waals surface area contributed by atoms with Crippen LogP contribution in [0.5, 0.6) is 0 Å². The molecule has 1 rings (SSSR count). The average Bonchev–Trinajstić information content (AvgIpc) is 3.19. The van der Waals surface area contributed by atoms with Crippen molar-refractivity contribution in [1.29, 1.82) is 0 Å². The number of likely N-dealkylation sites (tertiary alicyclic amines) is 1. The molecular formula is C19H35N5O5S. The summed E-state index contributed by atoms with van der Waals surface area (Å²) in [4.78, 5) is 50.8. The Bertz CT molecular complexity index is 604. The quantitative estimate of drug-likeness (QED) is 0.231. The van der Waals surface area contributed by atoms with Crippen molar-refractivity contribution in [3.05, 3.63) is 0 Å². The molecule has 1 saturated heterocycles. The fourth-order valence-electron chi connectivity index (χ4n) is 3.32. The Morgan fingerprint density at radius 1 is 1.17 bits per heavy atom. The molecule has 11 heteroatoms. The number of amides is 3. The summed E-state index contributed by atoms with van der Waals surface area (Å²) < 4.78 is 0. The van der Waals surface area contributed by atoms with Gasteiger partial charge in [0.15, 0.2) is 0 Å². The van der Waals surface area contributed by atoms with Gasteiger partial charge < -0.3 is 32.1 Å². The summed E-state index contributed by atoms with van der Waals surface area (Å²) in [5, 5.41) is 14.6. The van der Waals surface area contributed by atoms with Gasteiger partial charge in [0.05, 0.1) is 6.04 Å². The molecule has 0 aromatic carbocycles. The van der Waals surface area contributed by atoms with E-state index in [0.717, 1.165) is 0 Å². The highest BCUT2D eigenvalue weighted by Crippen LogP contribution is 2.20. The predicted molar refractivity (Wildman–Crippen MR) is 116 cm³/mol. The first kappa shape index (κ1) is 26.2. The van der Waals surface area contributed by atoms with Gasteiger partial charge in [0.2, 0.25) is 17.7 Å². The number of aliphatic carboxylic acids is 1. The number of nitrogens with two attached hydrogens (primary N) is 2. The maximum absolute atomic E-state index is 13.1. The van der Waals surface area contributed by atoms with Gasteiger partial charge in [-0.15, -0.1) is 0 Å². The molecule has 30 heavy (non-hydrogen) atoms. The van der Waals surface area contributed by atoms with E-state index in [2.05, 4.69) is 10.6 Å². The van der Waals surface area contributed by atoms with Gasteiger partial charge in [-0.3, -0.25) is 14.4 Å². The molecule has 7 N–H and O–H groups in total. The molecule has 1 fully saturated rings. The van der Waals surface area contributed by atoms with Gasteiger partial charge in [-0.1, -0.05) is 0 Å². The van der Waals surface area contributed by atoms with Crippen LogP contribution < -0.4 is 22.1 Å². The van der Waals surface area contributed by atoms with E-state index < -0.39 is 42.0 Å². The first-order chi connectivity index (χ1) is 14.2. The van der Waals surface area contributed by atoms with Gasteiger partial charge in [0.25, 0.3) is 0 Å². The third-order valence-corrected chi connectivity index (χ3v) is 5.68. The Morgan fingerprint density at radius 3 is 2.43 bits per heavy atom. The van der Waals surface area contributed by atoms with E-state index in [4.69, 9.17) is 11.5 Å². The van der Waals surface area contributed by atoms with Crippen LogP contribution in [0.3, 0.4) is 0 Å². The summed E-state index contributed by atoms with van der Waals surface area (Å²) in [6, 6.07) is -3.31. The summed E-state index contributed by atoms with van der Waals surface area (Å²) in [6.45, 7) is 2.38. The molecule has 3 amide bonds. The Morgan fingerprint density at radius 2 is 1.87 bits per heavy atom. The maximum Gasteiger partial charge on any atom is 0.326 e. The van der Waals surface area contributed by atoms with E-state index >= 15 is 0 Å². The molecule has 0 spiro atoms. The molecule has 1 aliphatic heterocycles. The normalized spacial score (nSPS) is 19.1. The monoisotopic (exact) mass is 445 g/mol. The van der Waals surface area contributed by atoms with Crippen molar-refractivity contribution >= 4 is 35.5 Å². The summed E-state index contributed by atoms with van der Waals surface area (Å²) in [5.74, 6) is -1.78. The van der Waals surface area contributed by atoms with Crippen molar-refractivity contribution in [3.63, 3.8) is 0 Å². The summed E-state index contributed by atoms with van der Waals surface area (Å²) in [5.41, 5.74) is 11.1. The second kappa shape index (κ2) is 13.5. The third-order valence-electron chi connectivity index (χ3n) is 5.04. The molecule has 1 aliphatic rings. The van der Waals surface area contributed by atoms with Crippen LogP contribution >= 0.6 is 11.8 Å². The van der Waals surface area contributed by atoms with E-state index in [1.165, 1.54) is 23.6 Å². The highest BCUT2D eigenvalue weighted by Gasteiger charge is 2.38. The Labute approximate surface area is 181 Å². The molecule has 0 bridgehead atoms. The number of nitrogens with zero attached hydrogens (tertiary/aromatic N) is 1. The zero-order chi connectivity index (χ0) is 22.7. The Balaban J connectivity index is 2.87. The van der Waals surface area contributed by atoms with Crippen LogP contribution in [0, 0.1) is 0 Å². The van der Waals surface area contributed by atoms with Crippen LogP contribution in [0.15, 0.2) is 0 Å². The highest BCUT2D eigenvalue weighted by molar-refractivity contribution is 7.98. The number of carboxylic acid groups (broad SMARTS) is 1. The lowest BCUT2D eigenvalue weighted by Crippen LogP contribution is -2.56. The van der Waals surface area contributed by atoms with Gasteiger partial charge >= 0.3 is 5.97 Å². The second-order valence-corrected chi connectivity index (χ2v) is 8.49. The molecule has 1 heterocycles. The smallest absolute Gasteiger partial charge is 0.326 e. The van der Waals surface area contributed by atoms with Crippen molar-refractivity contribution in [3.8, 4) is 0 Å². The van der Waals surface area contributed by atoms with Crippen LogP contribution in [0.2, 0.25) is 0 Å². The molecule has 0 radical (unpaired) electrons. The Hall–Kier alpha value is -1.85. The van der Waals surface area contributed by atoms with Crippen molar-refractivity contribution in [2.45, 2.75) is 69.6 Å². The number of nitrogens with one attached hydrogen (secondary N) is 2. The van der Waals surface area contributed by atoms with E-state index in [1.54, 1.807) is 0 Å². The molecule has 0 aromatic heterocycles. The van der Waals surface area contributed by atoms with E-state index in [9.17, 15) is 24.3 Å². The molecule has 0 aromatic rings. The van der Waals surface area contributed by atoms with Gasteiger partial charge in [-0.05, 0) is 64.0 Å². The summed E-state index contributed by atoms with van der Waals surface area (Å²) in [7, 11) is 0. The number of thioether (sulfide) groups is 1. The lowest BCUT2D eigenvalue weighted by molar-refractivity contribution is -0.145. The minimum Gasteiger partial charge on any atom is -0.480 e. The van der Waals surface area contributed by atoms with E-state index in [1.807, 2.05) is 6.26 Å². The highest BCUT2D eigenvalue weighted by atomic mass is 32.2. The maximum atomic E-state index is 13.1. The number of hydrogen-bond donors (Lipinski definition) is 5. The minimum absolute atomic E-state index is 0.301. The van der Waals surface area contributed by atoms with Gasteiger partial charge in [0.1, 0.15) is 18.1 Å². The van der Waals surface area contributed by atoms with Gasteiger partial charge in [0, 0.05) is 6.54 Å². The molecule has 0 aliphatic carbocycles. The zero-order valence-corrected chi connectivity index (χ0v) is 18.6. The largest absolute Gasteiger partial charge is 0.480 e. The van der Waals surface area contributed by atoms with Gasteiger partial charge in [-0.25, -0.2) is 4.79 Å². The van der Waals surface area contributed by atoms with Crippen LogP contribution in [-0.4, -0.2) is 83.0 Å². The van der Waals surface area contributed by atoms with Crippen LogP contribution in [0.1, 0.15) is 45.4 Å². The Kier molecular flexibility index (Phi) is 11.7. The first-order valence-corrected chi connectivity index (χ1v) is 11.7. The third kappa shape index (κ3) is 8.11. The van der Waals surface area contributed by atoms with Gasteiger partial charge in [-0.2, -0.15) is 11.8 Å². The van der Waals surface area contributed by atoms with Crippen molar-refractivity contribution in [2.24, 2.45) is 11.5 Å². The van der Waals surface area contributed by atoms with Crippen LogP contribution in [0.4, 0.5) is 0 Å². The average molecular weight is 446 g/mol. The molecular weight excluding hydrogens is 410 g/mol.